The average molecular weight is 373 g/mol. The Balaban J connectivity index is 1.87. The van der Waals surface area contributed by atoms with Crippen LogP contribution in [0.5, 0.6) is 5.75 Å². The van der Waals surface area contributed by atoms with Crippen molar-refractivity contribution in [1.82, 2.24) is 9.97 Å². The number of hydrogen-bond acceptors (Lipinski definition) is 4. The second-order valence-corrected chi connectivity index (χ2v) is 6.88. The van der Waals surface area contributed by atoms with Crippen molar-refractivity contribution in [2.24, 2.45) is 0 Å². The minimum absolute atomic E-state index is 0.0793. The Bertz CT molecular complexity index is 1160. The van der Waals surface area contributed by atoms with E-state index in [1.54, 1.807) is 12.3 Å². The molecular weight excluding hydrogens is 353 g/mol. The van der Waals surface area contributed by atoms with Crippen LogP contribution in [0.15, 0.2) is 66.9 Å². The van der Waals surface area contributed by atoms with Crippen LogP contribution in [0.2, 0.25) is 0 Å². The van der Waals surface area contributed by atoms with Gasteiger partial charge >= 0.3 is 0 Å². The van der Waals surface area contributed by atoms with Gasteiger partial charge in [-0.05, 0) is 55.3 Å². The number of pyridine rings is 2. The lowest BCUT2D eigenvalue weighted by Gasteiger charge is -2.22. The first-order chi connectivity index (χ1) is 13.5. The van der Waals surface area contributed by atoms with E-state index >= 15 is 0 Å². The molecule has 0 unspecified atom stereocenters. The smallest absolute Gasteiger partial charge is 0.147 e. The Morgan fingerprint density at radius 2 is 1.82 bits per heavy atom. The van der Waals surface area contributed by atoms with Crippen molar-refractivity contribution in [2.45, 2.75) is 19.9 Å². The number of benzene rings is 2. The quantitative estimate of drug-likeness (QED) is 0.510. The molecule has 4 aromatic rings. The minimum Gasteiger partial charge on any atom is -0.505 e. The lowest BCUT2D eigenvalue weighted by molar-refractivity contribution is 0.471. The molecule has 0 aliphatic heterocycles. The van der Waals surface area contributed by atoms with Gasteiger partial charge in [0.05, 0.1) is 6.04 Å². The maximum Gasteiger partial charge on any atom is 0.147 e. The molecule has 2 N–H and O–H groups in total. The van der Waals surface area contributed by atoms with Gasteiger partial charge in [-0.15, -0.1) is 0 Å². The van der Waals surface area contributed by atoms with Gasteiger partial charge in [-0.3, -0.25) is 0 Å². The number of fused-ring (bicyclic) bond motifs is 1. The van der Waals surface area contributed by atoms with Gasteiger partial charge in [-0.2, -0.15) is 0 Å². The number of nitrogens with one attached hydrogen (secondary N) is 1. The first-order valence-corrected chi connectivity index (χ1v) is 9.05. The summed E-state index contributed by atoms with van der Waals surface area (Å²) < 4.78 is 13.9. The van der Waals surface area contributed by atoms with Crippen molar-refractivity contribution >= 4 is 16.7 Å². The average Bonchev–Trinajstić information content (AvgIpc) is 2.67. The monoisotopic (exact) mass is 373 g/mol. The van der Waals surface area contributed by atoms with Crippen LogP contribution in [0.1, 0.15) is 28.4 Å². The maximum absolute atomic E-state index is 13.9. The van der Waals surface area contributed by atoms with Crippen molar-refractivity contribution in [2.75, 3.05) is 5.32 Å². The van der Waals surface area contributed by atoms with Gasteiger partial charge < -0.3 is 10.4 Å². The molecule has 2 aromatic carbocycles. The molecule has 0 amide bonds. The van der Waals surface area contributed by atoms with Gasteiger partial charge in [0, 0.05) is 22.8 Å². The Morgan fingerprint density at radius 3 is 2.61 bits per heavy atom. The zero-order chi connectivity index (χ0) is 19.7. The molecule has 2 heterocycles. The van der Waals surface area contributed by atoms with Crippen molar-refractivity contribution in [1.29, 1.82) is 0 Å². The second-order valence-electron chi connectivity index (χ2n) is 6.88. The van der Waals surface area contributed by atoms with E-state index in [-0.39, 0.29) is 11.6 Å². The summed E-state index contributed by atoms with van der Waals surface area (Å²) in [5, 5.41) is 15.2. The molecule has 2 aromatic heterocycles. The van der Waals surface area contributed by atoms with E-state index in [0.717, 1.165) is 16.6 Å². The molecule has 4 nitrogen and oxygen atoms in total. The first-order valence-electron chi connectivity index (χ1n) is 9.05. The van der Waals surface area contributed by atoms with E-state index in [2.05, 4.69) is 15.3 Å². The summed E-state index contributed by atoms with van der Waals surface area (Å²) in [6.45, 7) is 3.86. The summed E-state index contributed by atoms with van der Waals surface area (Å²) in [7, 11) is 0. The Hall–Kier alpha value is -3.47. The summed E-state index contributed by atoms with van der Waals surface area (Å²) in [6, 6.07) is 17.2. The summed E-state index contributed by atoms with van der Waals surface area (Å²) >= 11 is 0. The Labute approximate surface area is 162 Å². The summed E-state index contributed by atoms with van der Waals surface area (Å²) in [4.78, 5) is 8.84. The molecule has 4 rings (SSSR count). The summed E-state index contributed by atoms with van der Waals surface area (Å²) in [5.74, 6) is 0.386. The third kappa shape index (κ3) is 3.51. The molecule has 28 heavy (non-hydrogen) atoms. The molecule has 5 heteroatoms. The van der Waals surface area contributed by atoms with Crippen LogP contribution in [0.3, 0.4) is 0 Å². The van der Waals surface area contributed by atoms with Crippen LogP contribution in [-0.2, 0) is 0 Å². The molecule has 0 spiro atoms. The molecule has 0 saturated carbocycles. The van der Waals surface area contributed by atoms with Crippen LogP contribution in [0.25, 0.3) is 10.9 Å². The van der Waals surface area contributed by atoms with Crippen LogP contribution in [-0.4, -0.2) is 15.1 Å². The molecule has 140 valence electrons. The van der Waals surface area contributed by atoms with Gasteiger partial charge in [0.1, 0.15) is 22.9 Å². The highest BCUT2D eigenvalue weighted by atomic mass is 19.1. The number of aryl methyl sites for hydroxylation is 2. The highest BCUT2D eigenvalue weighted by Gasteiger charge is 2.21. The number of nitrogens with zero attached hydrogens (tertiary/aromatic N) is 2. The minimum atomic E-state index is -0.489. The molecule has 0 radical (unpaired) electrons. The lowest BCUT2D eigenvalue weighted by atomic mass is 9.96. The third-order valence-electron chi connectivity index (χ3n) is 4.71. The predicted octanol–water partition coefficient (Wildman–Crippen LogP) is 5.29. The zero-order valence-corrected chi connectivity index (χ0v) is 15.6. The number of hydrogen-bond donors (Lipinski definition) is 2. The normalized spacial score (nSPS) is 12.1. The zero-order valence-electron chi connectivity index (χ0n) is 15.6. The van der Waals surface area contributed by atoms with E-state index < -0.39 is 6.04 Å². The molecule has 0 fully saturated rings. The van der Waals surface area contributed by atoms with Crippen LogP contribution < -0.4 is 5.32 Å². The van der Waals surface area contributed by atoms with Crippen LogP contribution in [0, 0.1) is 19.7 Å². The number of phenolic OH excluding ortho intramolecular Hbond substituents is 1. The van der Waals surface area contributed by atoms with Crippen molar-refractivity contribution in [3.8, 4) is 5.75 Å². The standard InChI is InChI=1S/C23H20FN3O/c1-14-10-11-25-20(12-14)27-21(17-4-3-5-18(24)13-17)19-9-8-16-7-6-15(2)26-22(16)23(19)28/h3-13,21,28H,1-2H3,(H,25,27)/t21-/m1/s1. The SMILES string of the molecule is Cc1ccnc(N[C@H](c2cccc(F)c2)c2ccc3ccc(C)nc3c2O)c1. The van der Waals surface area contributed by atoms with E-state index in [1.165, 1.54) is 12.1 Å². The van der Waals surface area contributed by atoms with Crippen LogP contribution in [0.4, 0.5) is 10.2 Å². The molecule has 1 atom stereocenters. The number of aromatic nitrogens is 2. The fourth-order valence-corrected chi connectivity index (χ4v) is 3.31. The summed E-state index contributed by atoms with van der Waals surface area (Å²) in [6.07, 6.45) is 1.71. The topological polar surface area (TPSA) is 58.0 Å². The molecule has 0 saturated heterocycles. The molecule has 0 aliphatic carbocycles. The number of anilines is 1. The predicted molar refractivity (Wildman–Crippen MR) is 109 cm³/mol. The van der Waals surface area contributed by atoms with Crippen molar-refractivity contribution < 1.29 is 9.50 Å². The van der Waals surface area contributed by atoms with Crippen molar-refractivity contribution in [3.05, 3.63) is 95.1 Å². The van der Waals surface area contributed by atoms with Gasteiger partial charge in [0.15, 0.2) is 0 Å². The number of halogens is 1. The first kappa shape index (κ1) is 17.9. The van der Waals surface area contributed by atoms with Gasteiger partial charge in [-0.25, -0.2) is 14.4 Å². The largest absolute Gasteiger partial charge is 0.505 e. The molecular formula is C23H20FN3O. The van der Waals surface area contributed by atoms with Gasteiger partial charge in [-0.1, -0.05) is 30.3 Å². The highest BCUT2D eigenvalue weighted by Crippen LogP contribution is 2.36. The molecule has 0 aliphatic rings. The third-order valence-corrected chi connectivity index (χ3v) is 4.71. The van der Waals surface area contributed by atoms with E-state index in [0.29, 0.717) is 22.5 Å². The lowest BCUT2D eigenvalue weighted by Crippen LogP contribution is -2.14. The number of aromatic hydroxyl groups is 1. The number of rotatable bonds is 4. The second kappa shape index (κ2) is 7.27. The van der Waals surface area contributed by atoms with Gasteiger partial charge in [0.25, 0.3) is 0 Å². The highest BCUT2D eigenvalue weighted by molar-refractivity contribution is 5.86. The van der Waals surface area contributed by atoms with Crippen molar-refractivity contribution in [3.63, 3.8) is 0 Å². The van der Waals surface area contributed by atoms with E-state index in [1.807, 2.05) is 56.3 Å². The van der Waals surface area contributed by atoms with E-state index in [9.17, 15) is 9.50 Å². The van der Waals surface area contributed by atoms with E-state index in [4.69, 9.17) is 0 Å². The fourth-order valence-electron chi connectivity index (χ4n) is 3.31. The van der Waals surface area contributed by atoms with Crippen LogP contribution >= 0.6 is 0 Å². The Morgan fingerprint density at radius 1 is 1.00 bits per heavy atom. The maximum atomic E-state index is 13.9. The molecule has 0 bridgehead atoms. The van der Waals surface area contributed by atoms with Gasteiger partial charge in [0.2, 0.25) is 0 Å². The Kier molecular flexibility index (Phi) is 4.65. The fraction of sp³-hybridized carbons (Fsp3) is 0.130. The summed E-state index contributed by atoms with van der Waals surface area (Å²) in [5.41, 5.74) is 3.69. The number of phenols is 1.